The number of hydrogen-bond donors (Lipinski definition) is 3. The summed E-state index contributed by atoms with van der Waals surface area (Å²) in [7, 11) is 12.5. The van der Waals surface area contributed by atoms with Gasteiger partial charge in [0.1, 0.15) is 17.3 Å². The van der Waals surface area contributed by atoms with E-state index >= 15 is 4.79 Å². The molecule has 2 aromatic heterocycles. The number of Topliss-reactive ketones (excluding diaryl/α,β-unsaturated/α-hetero) is 1. The van der Waals surface area contributed by atoms with Gasteiger partial charge >= 0.3 is 0 Å². The summed E-state index contributed by atoms with van der Waals surface area (Å²) in [6.45, 7) is 9.45. The summed E-state index contributed by atoms with van der Waals surface area (Å²) in [5.41, 5.74) is 3.64. The van der Waals surface area contributed by atoms with Gasteiger partial charge in [0.2, 0.25) is 0 Å². The van der Waals surface area contributed by atoms with Crippen LogP contribution in [-0.2, 0) is 42.5 Å². The molecule has 5 aliphatic rings. The number of pyridine rings is 1. The first kappa shape index (κ1) is 49.9. The second kappa shape index (κ2) is 20.0. The number of rotatable bonds is 14. The number of aromatic nitrogens is 3. The lowest BCUT2D eigenvalue weighted by molar-refractivity contribution is -0.154. The molecule has 13 nitrogen and oxygen atoms in total. The third-order valence-corrected chi connectivity index (χ3v) is 18.1. The lowest BCUT2D eigenvalue weighted by atomic mass is 9.54. The average molecular weight is 985 g/mol. The minimum atomic E-state index is -0.811. The van der Waals surface area contributed by atoms with Gasteiger partial charge in [-0.25, -0.2) is 4.98 Å². The van der Waals surface area contributed by atoms with E-state index in [2.05, 4.69) is 122 Å². The van der Waals surface area contributed by atoms with E-state index in [0.29, 0.717) is 36.9 Å². The van der Waals surface area contributed by atoms with Crippen molar-refractivity contribution in [2.75, 3.05) is 48.5 Å². The molecule has 378 valence electrons. The molecule has 3 N–H and O–H groups in total. The van der Waals surface area contributed by atoms with Crippen LogP contribution < -0.4 is 20.9 Å². The molecule has 14 heteroatoms. The molecule has 1 aliphatic carbocycles. The van der Waals surface area contributed by atoms with Gasteiger partial charge in [-0.1, -0.05) is 61.0 Å². The Morgan fingerprint density at radius 2 is 1.63 bits per heavy atom. The van der Waals surface area contributed by atoms with Crippen molar-refractivity contribution >= 4 is 17.4 Å². The largest absolute Gasteiger partial charge is 0.457 e. The molecule has 71 heavy (non-hydrogen) atoms. The molecule has 5 fully saturated rings. The molecular weight excluding hydrogens is 910 g/mol. The number of hydrogen-bond acceptors (Lipinski definition) is 11. The van der Waals surface area contributed by atoms with Gasteiger partial charge in [0.05, 0.1) is 35.9 Å². The predicted molar refractivity (Wildman–Crippen MR) is 281 cm³/mol. The maximum absolute atomic E-state index is 17.4. The molecule has 3 aromatic carbocycles. The van der Waals surface area contributed by atoms with Crippen molar-refractivity contribution in [1.29, 1.82) is 0 Å². The van der Waals surface area contributed by atoms with Crippen molar-refractivity contribution in [1.82, 2.24) is 44.8 Å². The second-order valence-electron chi connectivity index (χ2n) is 21.9. The van der Waals surface area contributed by atoms with Crippen LogP contribution >= 0.6 is 11.6 Å². The predicted octanol–water partition coefficient (Wildman–Crippen LogP) is 7.03. The number of nitrogens with one attached hydrogen (secondary N) is 3. The number of ether oxygens (including phenoxy) is 2. The topological polar surface area (TPSA) is 123 Å². The Labute approximate surface area is 425 Å². The highest BCUT2D eigenvalue weighted by molar-refractivity contribution is 6.30. The number of carbonyl (C=O) groups excluding carboxylic acids is 1. The van der Waals surface area contributed by atoms with Crippen molar-refractivity contribution < 1.29 is 14.3 Å². The van der Waals surface area contributed by atoms with Crippen LogP contribution in [0.2, 0.25) is 5.02 Å². The van der Waals surface area contributed by atoms with Crippen molar-refractivity contribution in [2.24, 2.45) is 23.8 Å². The van der Waals surface area contributed by atoms with Crippen molar-refractivity contribution in [3.8, 4) is 22.8 Å². The maximum atomic E-state index is 17.4. The highest BCUT2D eigenvalue weighted by atomic mass is 35.5. The fraction of sp³-hybridized carbons (Fsp3) is 0.526. The smallest absolute Gasteiger partial charge is 0.251 e. The number of nitrogens with zero attached hydrogens (tertiary/aromatic N) is 6. The number of carbonyl (C=O) groups is 1. The van der Waals surface area contributed by atoms with Gasteiger partial charge in [-0.15, -0.1) is 0 Å². The molecule has 1 spiro atoms. The first-order chi connectivity index (χ1) is 34.2. The minimum absolute atomic E-state index is 0.0361. The van der Waals surface area contributed by atoms with E-state index in [0.717, 1.165) is 66.4 Å². The summed E-state index contributed by atoms with van der Waals surface area (Å²) in [5, 5.41) is 9.14. The normalized spacial score (nSPS) is 32.1. The fourth-order valence-corrected chi connectivity index (χ4v) is 14.8. The number of imidazole rings is 1. The van der Waals surface area contributed by atoms with Gasteiger partial charge in [0.15, 0.2) is 5.78 Å². The lowest BCUT2D eigenvalue weighted by Crippen LogP contribution is -2.73. The summed E-state index contributed by atoms with van der Waals surface area (Å²) in [6.07, 6.45) is 7.84. The van der Waals surface area contributed by atoms with Crippen LogP contribution in [0.1, 0.15) is 62.5 Å². The van der Waals surface area contributed by atoms with Gasteiger partial charge < -0.3 is 34.6 Å². The molecule has 5 aromatic rings. The number of likely N-dealkylation sites (tertiary alicyclic amines) is 2. The standard InChI is InChI=1S/C57H74ClN9O4/c1-10-56-49-26-40(24-37-14-12-11-13-15-37)53(56)64(6)35(2)29-59-48-27-43(25-38-16-20-42(58)21-17-38)65(7)54-45(34-70-9)62-52(57(48,54)55(56)69)36(3)67(49)32-41-30-61-51(68)28-47(41)71-44-22-18-39(19-23-44)46-31-60-50(66(46)8)33-63(4)5/h11-23,28,30-31,35-36,40,43,45,48-49,52-54,59,62H,10,24-27,29,32-34H2,1-9H3,(H,61,68)/t35-,36-,40+,43-,45+,48?,49?,52?,53?,54?,56?,57?/m0/s1. The molecule has 10 rings (SSSR count). The quantitative estimate of drug-likeness (QED) is 0.106. The number of likely N-dealkylation sites (N-methyl/N-ethyl adjacent to an activating group) is 2. The Balaban J connectivity index is 1.09. The number of ketones is 1. The van der Waals surface area contributed by atoms with E-state index in [1.165, 1.54) is 11.1 Å². The van der Waals surface area contributed by atoms with Crippen LogP contribution in [0.5, 0.6) is 11.5 Å². The molecule has 6 heterocycles. The number of aromatic amines is 1. The fourth-order valence-electron chi connectivity index (χ4n) is 14.6. The Kier molecular flexibility index (Phi) is 14.0. The summed E-state index contributed by atoms with van der Waals surface area (Å²) < 4.78 is 15.0. The Bertz CT molecular complexity index is 2730. The SMILES string of the molecule is CCC12C(=O)C34C5C[C@H](Cc6ccc(Cl)cc6)N(C)C3[C@@H](COC)NC4[C@H](C)N(Cc3c[nH]c(=O)cc3Oc3ccc(-c4cnc(CN(C)C)n4C)cc3)C1C[C@@H](Cc1ccccc1)C2N(C)[C@@H](C)CN5. The van der Waals surface area contributed by atoms with Crippen LogP contribution in [0, 0.1) is 16.7 Å². The zero-order valence-corrected chi connectivity index (χ0v) is 43.8. The van der Waals surface area contributed by atoms with E-state index in [1.54, 1.807) is 13.2 Å². The zero-order chi connectivity index (χ0) is 49.9. The van der Waals surface area contributed by atoms with Gasteiger partial charge in [0, 0.05) is 110 Å². The number of piperidine rings is 1. The molecule has 7 unspecified atom stereocenters. The maximum Gasteiger partial charge on any atom is 0.251 e. The van der Waals surface area contributed by atoms with E-state index in [9.17, 15) is 4.79 Å². The van der Waals surface area contributed by atoms with Gasteiger partial charge in [-0.3, -0.25) is 24.3 Å². The molecule has 0 amide bonds. The van der Waals surface area contributed by atoms with Crippen molar-refractivity contribution in [3.05, 3.63) is 135 Å². The molecule has 1 saturated carbocycles. The average Bonchev–Trinajstić information content (AvgIpc) is 4.00. The number of H-pyrrole nitrogens is 1. The van der Waals surface area contributed by atoms with Crippen LogP contribution in [0.25, 0.3) is 11.3 Å². The Hall–Kier alpha value is -4.70. The molecule has 4 saturated heterocycles. The highest BCUT2D eigenvalue weighted by Crippen LogP contribution is 2.62. The van der Waals surface area contributed by atoms with E-state index in [-0.39, 0.29) is 65.9 Å². The van der Waals surface area contributed by atoms with Crippen LogP contribution in [-0.4, -0.2) is 143 Å². The zero-order valence-electron chi connectivity index (χ0n) is 43.1. The third-order valence-electron chi connectivity index (χ3n) is 17.9. The van der Waals surface area contributed by atoms with Gasteiger partial charge in [0.25, 0.3) is 5.56 Å². The molecule has 4 aliphatic heterocycles. The van der Waals surface area contributed by atoms with Crippen molar-refractivity contribution in [2.45, 2.75) is 120 Å². The van der Waals surface area contributed by atoms with Gasteiger partial charge in [-0.2, -0.15) is 0 Å². The third kappa shape index (κ3) is 8.61. The van der Waals surface area contributed by atoms with E-state index in [4.69, 9.17) is 21.1 Å². The Morgan fingerprint density at radius 3 is 2.34 bits per heavy atom. The first-order valence-corrected chi connectivity index (χ1v) is 26.2. The molecular formula is C57H74ClN9O4. The van der Waals surface area contributed by atoms with Gasteiger partial charge in [-0.05, 0) is 128 Å². The molecule has 0 radical (unpaired) electrons. The number of benzene rings is 3. The summed E-state index contributed by atoms with van der Waals surface area (Å²) in [5.74, 6) is 2.71. The Morgan fingerprint density at radius 1 is 0.901 bits per heavy atom. The minimum Gasteiger partial charge on any atom is -0.457 e. The number of methoxy groups -OCH3 is 1. The number of halogens is 1. The lowest BCUT2D eigenvalue weighted by Gasteiger charge is -2.57. The molecule has 2 bridgehead atoms. The summed E-state index contributed by atoms with van der Waals surface area (Å²) >= 11 is 6.41. The van der Waals surface area contributed by atoms with Crippen LogP contribution in [0.4, 0.5) is 0 Å². The van der Waals surface area contributed by atoms with Crippen molar-refractivity contribution in [3.63, 3.8) is 0 Å². The molecule has 12 atom stereocenters. The monoisotopic (exact) mass is 984 g/mol. The summed E-state index contributed by atoms with van der Waals surface area (Å²) in [6, 6.07) is 28.2. The van der Waals surface area contributed by atoms with E-state index in [1.807, 2.05) is 69.9 Å². The first-order valence-electron chi connectivity index (χ1n) is 25.9. The highest BCUT2D eigenvalue weighted by Gasteiger charge is 2.77. The van der Waals surface area contributed by atoms with E-state index < -0.39 is 10.8 Å². The van der Waals surface area contributed by atoms with Crippen LogP contribution in [0.3, 0.4) is 0 Å². The van der Waals surface area contributed by atoms with Crippen LogP contribution in [0.15, 0.2) is 102 Å². The second-order valence-corrected chi connectivity index (χ2v) is 22.3. The summed E-state index contributed by atoms with van der Waals surface area (Å²) in [4.78, 5) is 48.4.